The van der Waals surface area contributed by atoms with Gasteiger partial charge in [-0.05, 0) is 36.4 Å². The lowest BCUT2D eigenvalue weighted by Gasteiger charge is -2.07. The van der Waals surface area contributed by atoms with Gasteiger partial charge in [0, 0.05) is 33.9 Å². The monoisotopic (exact) mass is 502 g/mol. The lowest BCUT2D eigenvalue weighted by atomic mass is 10.1. The molecule has 176 valence electrons. The van der Waals surface area contributed by atoms with E-state index in [4.69, 9.17) is 42.1 Å². The zero-order valence-electron chi connectivity index (χ0n) is 18.7. The third-order valence-electron chi connectivity index (χ3n) is 4.90. The van der Waals surface area contributed by atoms with Gasteiger partial charge in [-0.25, -0.2) is 19.6 Å². The highest BCUT2D eigenvalue weighted by Gasteiger charge is 2.15. The second kappa shape index (κ2) is 11.0. The van der Waals surface area contributed by atoms with Gasteiger partial charge in [-0.15, -0.1) is 0 Å². The van der Waals surface area contributed by atoms with Gasteiger partial charge in [0.05, 0.1) is 39.6 Å². The van der Waals surface area contributed by atoms with Gasteiger partial charge in [0.25, 0.3) is 0 Å². The number of halogens is 2. The van der Waals surface area contributed by atoms with E-state index in [1.165, 1.54) is 26.6 Å². The molecule has 0 amide bonds. The number of pyridine rings is 2. The summed E-state index contributed by atoms with van der Waals surface area (Å²) >= 11 is 11.9. The molecule has 0 saturated heterocycles. The van der Waals surface area contributed by atoms with Crippen LogP contribution in [0.25, 0.3) is 21.5 Å². The topological polar surface area (TPSA) is 96.8 Å². The van der Waals surface area contributed by atoms with Crippen molar-refractivity contribution < 1.29 is 28.5 Å². The van der Waals surface area contributed by atoms with Crippen molar-refractivity contribution in [3.63, 3.8) is 0 Å². The highest BCUT2D eigenvalue weighted by Crippen LogP contribution is 2.29. The summed E-state index contributed by atoms with van der Waals surface area (Å²) in [5, 5.41) is 3.39. The van der Waals surface area contributed by atoms with Crippen LogP contribution in [0.1, 0.15) is 20.7 Å². The molecule has 4 aromatic rings. The quantitative estimate of drug-likeness (QED) is 0.271. The van der Waals surface area contributed by atoms with E-state index in [9.17, 15) is 9.59 Å². The molecule has 0 spiro atoms. The molecule has 2 aromatic heterocycles. The SMILES string of the molecule is COC(=O)c1cnc(Cl)c2ccc(OC)cc12.COC(=O)c1cnc(Cl)c2ccc(OC)cc12. The Morgan fingerprint density at radius 3 is 1.35 bits per heavy atom. The van der Waals surface area contributed by atoms with E-state index in [-0.39, 0.29) is 0 Å². The van der Waals surface area contributed by atoms with Gasteiger partial charge in [0.15, 0.2) is 0 Å². The van der Waals surface area contributed by atoms with Crippen LogP contribution in [0.15, 0.2) is 48.8 Å². The molecule has 0 atom stereocenters. The minimum atomic E-state index is -0.451. The number of carbonyl (C=O) groups excluding carboxylic acids is 2. The van der Waals surface area contributed by atoms with Crippen molar-refractivity contribution in [1.29, 1.82) is 0 Å². The van der Waals surface area contributed by atoms with Crippen molar-refractivity contribution in [3.05, 3.63) is 70.2 Å². The number of nitrogens with zero attached hydrogens (tertiary/aromatic N) is 2. The van der Waals surface area contributed by atoms with Crippen LogP contribution in [-0.4, -0.2) is 50.3 Å². The predicted molar refractivity (Wildman–Crippen MR) is 129 cm³/mol. The summed E-state index contributed by atoms with van der Waals surface area (Å²) < 4.78 is 19.6. The molecular formula is C24H20Cl2N2O6. The molecule has 34 heavy (non-hydrogen) atoms. The van der Waals surface area contributed by atoms with Gasteiger partial charge in [-0.2, -0.15) is 0 Å². The number of ether oxygens (including phenoxy) is 4. The number of carbonyl (C=O) groups is 2. The van der Waals surface area contributed by atoms with Gasteiger partial charge < -0.3 is 18.9 Å². The van der Waals surface area contributed by atoms with Crippen LogP contribution in [0.5, 0.6) is 11.5 Å². The predicted octanol–water partition coefficient (Wildman–Crippen LogP) is 5.37. The zero-order valence-corrected chi connectivity index (χ0v) is 20.2. The van der Waals surface area contributed by atoms with Gasteiger partial charge in [0.1, 0.15) is 21.8 Å². The Balaban J connectivity index is 0.000000191. The molecular weight excluding hydrogens is 483 g/mol. The Kier molecular flexibility index (Phi) is 8.09. The highest BCUT2D eigenvalue weighted by atomic mass is 35.5. The molecule has 0 unspecified atom stereocenters. The highest BCUT2D eigenvalue weighted by molar-refractivity contribution is 6.35. The number of esters is 2. The van der Waals surface area contributed by atoms with E-state index in [2.05, 4.69) is 9.97 Å². The summed E-state index contributed by atoms with van der Waals surface area (Å²) in [6, 6.07) is 10.5. The molecule has 2 heterocycles. The van der Waals surface area contributed by atoms with Gasteiger partial charge in [-0.1, -0.05) is 23.2 Å². The van der Waals surface area contributed by atoms with E-state index >= 15 is 0 Å². The van der Waals surface area contributed by atoms with E-state index in [1.807, 2.05) is 0 Å². The fourth-order valence-electron chi connectivity index (χ4n) is 3.17. The molecule has 0 bridgehead atoms. The third kappa shape index (κ3) is 5.13. The number of benzene rings is 2. The van der Waals surface area contributed by atoms with Crippen molar-refractivity contribution in [2.45, 2.75) is 0 Å². The number of rotatable bonds is 4. The minimum Gasteiger partial charge on any atom is -0.497 e. The van der Waals surface area contributed by atoms with E-state index in [1.54, 1.807) is 50.6 Å². The van der Waals surface area contributed by atoms with E-state index in [0.717, 1.165) is 0 Å². The average molecular weight is 503 g/mol. The summed E-state index contributed by atoms with van der Waals surface area (Å²) in [5.74, 6) is 0.384. The summed E-state index contributed by atoms with van der Waals surface area (Å²) in [5.41, 5.74) is 0.733. The van der Waals surface area contributed by atoms with E-state index in [0.29, 0.717) is 54.5 Å². The number of methoxy groups -OCH3 is 4. The summed E-state index contributed by atoms with van der Waals surface area (Å²) in [4.78, 5) is 31.1. The molecule has 2 aromatic carbocycles. The van der Waals surface area contributed by atoms with Crippen LogP contribution in [0, 0.1) is 0 Å². The van der Waals surface area contributed by atoms with Crippen LogP contribution >= 0.6 is 23.2 Å². The Hall–Kier alpha value is -3.62. The Bertz CT molecular complexity index is 1270. The Labute approximate surface area is 205 Å². The molecule has 0 aliphatic rings. The van der Waals surface area contributed by atoms with Gasteiger partial charge in [-0.3, -0.25) is 0 Å². The molecule has 0 N–H and O–H groups in total. The lowest BCUT2D eigenvalue weighted by molar-refractivity contribution is 0.0593. The molecule has 0 fully saturated rings. The maximum atomic E-state index is 11.6. The fourth-order valence-corrected chi connectivity index (χ4v) is 3.60. The Morgan fingerprint density at radius 2 is 1.03 bits per heavy atom. The van der Waals surface area contributed by atoms with Crippen molar-refractivity contribution in [2.24, 2.45) is 0 Å². The molecule has 4 rings (SSSR count). The van der Waals surface area contributed by atoms with Crippen molar-refractivity contribution in [1.82, 2.24) is 9.97 Å². The first-order chi connectivity index (χ1) is 16.3. The maximum absolute atomic E-state index is 11.6. The van der Waals surface area contributed by atoms with Gasteiger partial charge in [0.2, 0.25) is 0 Å². The number of aromatic nitrogens is 2. The van der Waals surface area contributed by atoms with Crippen LogP contribution in [0.2, 0.25) is 10.3 Å². The largest absolute Gasteiger partial charge is 0.497 e. The zero-order chi connectivity index (χ0) is 24.8. The second-order valence-corrected chi connectivity index (χ2v) is 7.45. The number of hydrogen-bond acceptors (Lipinski definition) is 8. The maximum Gasteiger partial charge on any atom is 0.340 e. The lowest BCUT2D eigenvalue weighted by Crippen LogP contribution is -2.03. The first-order valence-electron chi connectivity index (χ1n) is 9.75. The summed E-state index contributed by atoms with van der Waals surface area (Å²) in [7, 11) is 5.76. The van der Waals surface area contributed by atoms with Crippen LogP contribution in [-0.2, 0) is 9.47 Å². The smallest absolute Gasteiger partial charge is 0.340 e. The van der Waals surface area contributed by atoms with Gasteiger partial charge >= 0.3 is 11.9 Å². The molecule has 8 nitrogen and oxygen atoms in total. The molecule has 0 saturated carbocycles. The average Bonchev–Trinajstić information content (AvgIpc) is 2.88. The third-order valence-corrected chi connectivity index (χ3v) is 5.51. The van der Waals surface area contributed by atoms with Crippen LogP contribution in [0.3, 0.4) is 0 Å². The molecule has 0 aliphatic heterocycles. The molecule has 0 aliphatic carbocycles. The van der Waals surface area contributed by atoms with Crippen molar-refractivity contribution in [2.75, 3.05) is 28.4 Å². The van der Waals surface area contributed by atoms with Crippen molar-refractivity contribution >= 4 is 56.7 Å². The Morgan fingerprint density at radius 1 is 0.647 bits per heavy atom. The number of hydrogen-bond donors (Lipinski definition) is 0. The summed E-state index contributed by atoms with van der Waals surface area (Å²) in [6.07, 6.45) is 2.80. The summed E-state index contributed by atoms with van der Waals surface area (Å²) in [6.45, 7) is 0. The molecule has 0 radical (unpaired) electrons. The fraction of sp³-hybridized carbons (Fsp3) is 0.167. The standard InChI is InChI=1S/2C12H10ClNO3/c2*1-16-7-3-4-8-9(5-7)10(12(15)17-2)6-14-11(8)13/h2*3-6H,1-2H3. The van der Waals surface area contributed by atoms with Crippen LogP contribution in [0.4, 0.5) is 0 Å². The second-order valence-electron chi connectivity index (χ2n) is 6.73. The first-order valence-corrected chi connectivity index (χ1v) is 10.5. The molecule has 10 heteroatoms. The van der Waals surface area contributed by atoms with E-state index < -0.39 is 11.9 Å². The van der Waals surface area contributed by atoms with Crippen molar-refractivity contribution in [3.8, 4) is 11.5 Å². The van der Waals surface area contributed by atoms with Crippen LogP contribution < -0.4 is 9.47 Å². The first kappa shape index (κ1) is 25.0. The number of fused-ring (bicyclic) bond motifs is 2. The minimum absolute atomic E-state index is 0.343. The normalized spacial score (nSPS) is 10.3.